The number of carbonyl (C=O) groups is 1. The van der Waals surface area contributed by atoms with Gasteiger partial charge in [-0.3, -0.25) is 9.59 Å². The Labute approximate surface area is 215 Å². The fourth-order valence-electron chi connectivity index (χ4n) is 4.55. The number of piperazine rings is 1. The van der Waals surface area contributed by atoms with Crippen LogP contribution in [-0.2, 0) is 14.8 Å². The number of aromatic amines is 1. The first-order chi connectivity index (χ1) is 17.8. The lowest BCUT2D eigenvalue weighted by atomic mass is 10.1. The van der Waals surface area contributed by atoms with Crippen molar-refractivity contribution in [2.75, 3.05) is 31.1 Å². The number of fused-ring (bicyclic) bond motifs is 1. The van der Waals surface area contributed by atoms with E-state index in [1.807, 2.05) is 13.0 Å². The summed E-state index contributed by atoms with van der Waals surface area (Å²) in [6.07, 6.45) is 0. The zero-order valence-electron chi connectivity index (χ0n) is 20.4. The van der Waals surface area contributed by atoms with Gasteiger partial charge in [0.25, 0.3) is 0 Å². The maximum Gasteiger partial charge on any atom is 0.248 e. The van der Waals surface area contributed by atoms with Crippen molar-refractivity contribution < 1.29 is 13.2 Å². The number of carbonyl (C=O) groups excluding carboxylic acids is 1. The van der Waals surface area contributed by atoms with Crippen molar-refractivity contribution in [1.29, 1.82) is 0 Å². The molecule has 0 radical (unpaired) electrons. The molecule has 3 aromatic carbocycles. The number of benzene rings is 3. The molecule has 2 heterocycles. The summed E-state index contributed by atoms with van der Waals surface area (Å²) in [6, 6.07) is 23.5. The van der Waals surface area contributed by atoms with E-state index in [4.69, 9.17) is 0 Å². The van der Waals surface area contributed by atoms with Gasteiger partial charge in [-0.25, -0.2) is 8.42 Å². The van der Waals surface area contributed by atoms with E-state index in [1.165, 1.54) is 23.8 Å². The summed E-state index contributed by atoms with van der Waals surface area (Å²) in [5, 5.41) is 0.581. The summed E-state index contributed by atoms with van der Waals surface area (Å²) in [7, 11) is -4.05. The fourth-order valence-corrected chi connectivity index (χ4v) is 5.77. The standard InChI is InChI=1S/C28H28N4O4S/c1-20-7-10-23(11-8-20)31-15-17-32(18-16-31)28(34)27(21-5-3-2-4-6-21)30-37(35,36)24-12-13-25-22(19-24)9-14-26(33)29-25/h2-14,19,27,30H,15-18H2,1H3,(H,29,33)/t27-/m1/s1. The van der Waals surface area contributed by atoms with Crippen molar-refractivity contribution in [2.45, 2.75) is 17.9 Å². The van der Waals surface area contributed by atoms with E-state index >= 15 is 0 Å². The Morgan fingerprint density at radius 3 is 2.30 bits per heavy atom. The second-order valence-electron chi connectivity index (χ2n) is 9.18. The topological polar surface area (TPSA) is 103 Å². The van der Waals surface area contributed by atoms with Crippen molar-refractivity contribution in [3.63, 3.8) is 0 Å². The molecule has 1 atom stereocenters. The minimum absolute atomic E-state index is 0.0185. The van der Waals surface area contributed by atoms with Gasteiger partial charge in [0.15, 0.2) is 0 Å². The number of nitrogens with one attached hydrogen (secondary N) is 2. The van der Waals surface area contributed by atoms with Gasteiger partial charge in [0, 0.05) is 43.4 Å². The molecule has 0 bridgehead atoms. The van der Waals surface area contributed by atoms with E-state index in [2.05, 4.69) is 38.9 Å². The van der Waals surface area contributed by atoms with Crippen molar-refractivity contribution in [3.05, 3.63) is 106 Å². The summed E-state index contributed by atoms with van der Waals surface area (Å²) >= 11 is 0. The van der Waals surface area contributed by atoms with Gasteiger partial charge in [-0.15, -0.1) is 0 Å². The SMILES string of the molecule is Cc1ccc(N2CCN(C(=O)[C@H](NS(=O)(=O)c3ccc4[nH]c(=O)ccc4c3)c3ccccc3)CC2)cc1. The molecule has 2 N–H and O–H groups in total. The van der Waals surface area contributed by atoms with E-state index in [9.17, 15) is 18.0 Å². The molecule has 1 aromatic heterocycles. The van der Waals surface area contributed by atoms with Gasteiger partial charge in [0.2, 0.25) is 21.5 Å². The van der Waals surface area contributed by atoms with Gasteiger partial charge in [-0.2, -0.15) is 4.72 Å². The fraction of sp³-hybridized carbons (Fsp3) is 0.214. The molecular formula is C28H28N4O4S. The van der Waals surface area contributed by atoms with Gasteiger partial charge in [-0.05, 0) is 54.3 Å². The Balaban J connectivity index is 1.38. The van der Waals surface area contributed by atoms with Gasteiger partial charge in [0.1, 0.15) is 6.04 Å². The second-order valence-corrected chi connectivity index (χ2v) is 10.9. The van der Waals surface area contributed by atoms with Crippen LogP contribution in [0, 0.1) is 6.92 Å². The zero-order chi connectivity index (χ0) is 26.0. The van der Waals surface area contributed by atoms with Crippen molar-refractivity contribution >= 4 is 32.5 Å². The van der Waals surface area contributed by atoms with Crippen LogP contribution in [0.1, 0.15) is 17.2 Å². The first-order valence-electron chi connectivity index (χ1n) is 12.1. The summed E-state index contributed by atoms with van der Waals surface area (Å²) in [5.41, 5.74) is 3.14. The smallest absolute Gasteiger partial charge is 0.248 e. The third-order valence-corrected chi connectivity index (χ3v) is 8.07. The molecule has 1 aliphatic rings. The highest BCUT2D eigenvalue weighted by Crippen LogP contribution is 2.24. The Hall–Kier alpha value is -3.95. The third kappa shape index (κ3) is 5.42. The molecule has 5 rings (SSSR count). The molecule has 8 nitrogen and oxygen atoms in total. The van der Waals surface area contributed by atoms with Crippen LogP contribution < -0.4 is 15.2 Å². The number of nitrogens with zero attached hydrogens (tertiary/aromatic N) is 2. The minimum atomic E-state index is -4.05. The van der Waals surface area contributed by atoms with E-state index in [1.54, 1.807) is 41.3 Å². The molecule has 1 amide bonds. The van der Waals surface area contributed by atoms with E-state index in [-0.39, 0.29) is 16.4 Å². The Morgan fingerprint density at radius 2 is 1.59 bits per heavy atom. The Kier molecular flexibility index (Phi) is 6.82. The average molecular weight is 517 g/mol. The predicted octanol–water partition coefficient (Wildman–Crippen LogP) is 3.20. The van der Waals surface area contributed by atoms with Crippen LogP contribution in [-0.4, -0.2) is 50.4 Å². The lowest BCUT2D eigenvalue weighted by Crippen LogP contribution is -2.52. The highest BCUT2D eigenvalue weighted by molar-refractivity contribution is 7.89. The second kappa shape index (κ2) is 10.2. The molecule has 1 aliphatic heterocycles. The average Bonchev–Trinajstić information content (AvgIpc) is 2.92. The maximum absolute atomic E-state index is 13.7. The number of sulfonamides is 1. The number of rotatable bonds is 6. The van der Waals surface area contributed by atoms with Crippen LogP contribution in [0.4, 0.5) is 5.69 Å². The molecule has 1 fully saturated rings. The van der Waals surface area contributed by atoms with Gasteiger partial charge < -0.3 is 14.8 Å². The first kappa shape index (κ1) is 24.7. The summed E-state index contributed by atoms with van der Waals surface area (Å²) in [5.74, 6) is -0.288. The molecule has 0 unspecified atom stereocenters. The van der Waals surface area contributed by atoms with Crippen LogP contribution in [0.25, 0.3) is 10.9 Å². The number of amides is 1. The quantitative estimate of drug-likeness (QED) is 0.410. The van der Waals surface area contributed by atoms with Crippen LogP contribution >= 0.6 is 0 Å². The highest BCUT2D eigenvalue weighted by Gasteiger charge is 2.32. The molecule has 1 saturated heterocycles. The molecule has 190 valence electrons. The number of aryl methyl sites for hydroxylation is 1. The molecule has 4 aromatic rings. The number of hydrogen-bond acceptors (Lipinski definition) is 5. The minimum Gasteiger partial charge on any atom is -0.368 e. The van der Waals surface area contributed by atoms with Crippen LogP contribution in [0.3, 0.4) is 0 Å². The normalized spacial score (nSPS) is 15.1. The summed E-state index contributed by atoms with van der Waals surface area (Å²) in [4.78, 5) is 31.9. The van der Waals surface area contributed by atoms with Crippen molar-refractivity contribution in [2.24, 2.45) is 0 Å². The number of H-pyrrole nitrogens is 1. The molecule has 37 heavy (non-hydrogen) atoms. The third-order valence-electron chi connectivity index (χ3n) is 6.65. The zero-order valence-corrected chi connectivity index (χ0v) is 21.2. The monoisotopic (exact) mass is 516 g/mol. The molecule has 9 heteroatoms. The van der Waals surface area contributed by atoms with Gasteiger partial charge in [-0.1, -0.05) is 48.0 Å². The van der Waals surface area contributed by atoms with E-state index in [0.29, 0.717) is 42.6 Å². The lowest BCUT2D eigenvalue weighted by Gasteiger charge is -2.37. The number of aromatic nitrogens is 1. The summed E-state index contributed by atoms with van der Waals surface area (Å²) in [6.45, 7) is 4.34. The molecule has 0 aliphatic carbocycles. The lowest BCUT2D eigenvalue weighted by molar-refractivity contribution is -0.133. The number of pyridine rings is 1. The largest absolute Gasteiger partial charge is 0.368 e. The van der Waals surface area contributed by atoms with E-state index < -0.39 is 16.1 Å². The van der Waals surface area contributed by atoms with Crippen LogP contribution in [0.2, 0.25) is 0 Å². The maximum atomic E-state index is 13.7. The van der Waals surface area contributed by atoms with Crippen LogP contribution in [0.15, 0.2) is 94.6 Å². The van der Waals surface area contributed by atoms with E-state index in [0.717, 1.165) is 5.69 Å². The van der Waals surface area contributed by atoms with Crippen LogP contribution in [0.5, 0.6) is 0 Å². The predicted molar refractivity (Wildman–Crippen MR) is 144 cm³/mol. The molecular weight excluding hydrogens is 488 g/mol. The number of anilines is 1. The van der Waals surface area contributed by atoms with Gasteiger partial charge in [0.05, 0.1) is 4.90 Å². The molecule has 0 saturated carbocycles. The van der Waals surface area contributed by atoms with Crippen molar-refractivity contribution in [1.82, 2.24) is 14.6 Å². The number of hydrogen-bond donors (Lipinski definition) is 2. The Bertz CT molecular complexity index is 1580. The Morgan fingerprint density at radius 1 is 0.892 bits per heavy atom. The van der Waals surface area contributed by atoms with Crippen molar-refractivity contribution in [3.8, 4) is 0 Å². The highest BCUT2D eigenvalue weighted by atomic mass is 32.2. The van der Waals surface area contributed by atoms with Gasteiger partial charge >= 0.3 is 0 Å². The first-order valence-corrected chi connectivity index (χ1v) is 13.6. The molecule has 0 spiro atoms. The summed E-state index contributed by atoms with van der Waals surface area (Å²) < 4.78 is 29.5.